The summed E-state index contributed by atoms with van der Waals surface area (Å²) in [6.45, 7) is 4.29. The van der Waals surface area contributed by atoms with Crippen LogP contribution in [0.25, 0.3) is 11.1 Å². The van der Waals surface area contributed by atoms with E-state index < -0.39 is 11.6 Å². The molecule has 0 nitrogen and oxygen atoms in total. The molecular formula is C26H32F2. The summed E-state index contributed by atoms with van der Waals surface area (Å²) in [6.07, 6.45) is 12.9. The molecule has 1 saturated carbocycles. The third kappa shape index (κ3) is 4.90. The van der Waals surface area contributed by atoms with Gasteiger partial charge in [-0.15, -0.1) is 0 Å². The first-order chi connectivity index (χ1) is 13.6. The molecule has 28 heavy (non-hydrogen) atoms. The van der Waals surface area contributed by atoms with Crippen LogP contribution in [-0.4, -0.2) is 0 Å². The highest BCUT2D eigenvalue weighted by atomic mass is 19.2. The van der Waals surface area contributed by atoms with E-state index >= 15 is 0 Å². The van der Waals surface area contributed by atoms with Gasteiger partial charge in [0.25, 0.3) is 0 Å². The predicted octanol–water partition coefficient (Wildman–Crippen LogP) is 8.21. The van der Waals surface area contributed by atoms with Gasteiger partial charge in [-0.2, -0.15) is 0 Å². The SMILES string of the molecule is CC/C=C\Cc1ccc(-c2ccc(C3CCC(CCC)CC3)cc2)c(F)c1F. The Labute approximate surface area is 168 Å². The molecule has 0 N–H and O–H groups in total. The highest BCUT2D eigenvalue weighted by molar-refractivity contribution is 5.65. The summed E-state index contributed by atoms with van der Waals surface area (Å²) < 4.78 is 29.1. The van der Waals surface area contributed by atoms with Gasteiger partial charge in [0.15, 0.2) is 11.6 Å². The minimum Gasteiger partial charge on any atom is -0.203 e. The number of benzene rings is 2. The van der Waals surface area contributed by atoms with Crippen molar-refractivity contribution in [2.24, 2.45) is 5.92 Å². The zero-order chi connectivity index (χ0) is 19.9. The maximum Gasteiger partial charge on any atom is 0.166 e. The Kier molecular flexibility index (Phi) is 7.42. The zero-order valence-electron chi connectivity index (χ0n) is 17.2. The van der Waals surface area contributed by atoms with Gasteiger partial charge < -0.3 is 0 Å². The van der Waals surface area contributed by atoms with E-state index in [1.807, 2.05) is 31.2 Å². The summed E-state index contributed by atoms with van der Waals surface area (Å²) in [7, 11) is 0. The topological polar surface area (TPSA) is 0 Å². The van der Waals surface area contributed by atoms with E-state index in [0.29, 0.717) is 23.5 Å². The fraction of sp³-hybridized carbons (Fsp3) is 0.462. The maximum absolute atomic E-state index is 14.6. The second kappa shape index (κ2) is 10.0. The molecule has 2 aromatic rings. The van der Waals surface area contributed by atoms with Gasteiger partial charge in [-0.1, -0.05) is 75.2 Å². The van der Waals surface area contributed by atoms with Crippen LogP contribution in [-0.2, 0) is 6.42 Å². The standard InChI is InChI=1S/C26H32F2/c1-3-5-6-8-23-17-18-24(26(28)25(23)27)22-15-13-21(14-16-22)20-11-9-19(7-4-2)10-12-20/h5-6,13-20H,3-4,7-12H2,1-2H3/b6-5-. The summed E-state index contributed by atoms with van der Waals surface area (Å²) in [5.74, 6) is 0.0338. The van der Waals surface area contributed by atoms with Crippen LogP contribution in [0.4, 0.5) is 8.78 Å². The fourth-order valence-corrected chi connectivity index (χ4v) is 4.47. The third-order valence-electron chi connectivity index (χ3n) is 6.14. The molecular weight excluding hydrogens is 350 g/mol. The minimum atomic E-state index is -0.741. The molecule has 0 saturated heterocycles. The van der Waals surface area contributed by atoms with Crippen molar-refractivity contribution in [2.75, 3.05) is 0 Å². The number of hydrogen-bond acceptors (Lipinski definition) is 0. The molecule has 2 aromatic carbocycles. The van der Waals surface area contributed by atoms with Crippen molar-refractivity contribution in [1.82, 2.24) is 0 Å². The van der Waals surface area contributed by atoms with Crippen molar-refractivity contribution < 1.29 is 8.78 Å². The van der Waals surface area contributed by atoms with E-state index in [1.165, 1.54) is 44.1 Å². The minimum absolute atomic E-state index is 0.346. The van der Waals surface area contributed by atoms with E-state index in [4.69, 9.17) is 0 Å². The van der Waals surface area contributed by atoms with Crippen molar-refractivity contribution >= 4 is 0 Å². The van der Waals surface area contributed by atoms with E-state index in [-0.39, 0.29) is 0 Å². The van der Waals surface area contributed by atoms with Gasteiger partial charge in [-0.3, -0.25) is 0 Å². The van der Waals surface area contributed by atoms with Gasteiger partial charge in [0, 0.05) is 5.56 Å². The smallest absolute Gasteiger partial charge is 0.166 e. The lowest BCUT2D eigenvalue weighted by atomic mass is 9.77. The fourth-order valence-electron chi connectivity index (χ4n) is 4.47. The summed E-state index contributed by atoms with van der Waals surface area (Å²) in [6, 6.07) is 11.5. The normalized spacial score (nSPS) is 20.0. The zero-order valence-corrected chi connectivity index (χ0v) is 17.2. The van der Waals surface area contributed by atoms with Gasteiger partial charge in [-0.05, 0) is 67.1 Å². The van der Waals surface area contributed by atoms with Crippen LogP contribution in [0.5, 0.6) is 0 Å². The van der Waals surface area contributed by atoms with E-state index in [2.05, 4.69) is 19.1 Å². The quantitative estimate of drug-likeness (QED) is 0.423. The number of hydrogen-bond donors (Lipinski definition) is 0. The molecule has 0 aliphatic heterocycles. The van der Waals surface area contributed by atoms with E-state index in [9.17, 15) is 8.78 Å². The summed E-state index contributed by atoms with van der Waals surface area (Å²) in [5.41, 5.74) is 2.83. The van der Waals surface area contributed by atoms with Crippen molar-refractivity contribution in [2.45, 2.75) is 71.1 Å². The van der Waals surface area contributed by atoms with Crippen LogP contribution >= 0.6 is 0 Å². The molecule has 0 spiro atoms. The third-order valence-corrected chi connectivity index (χ3v) is 6.14. The Morgan fingerprint density at radius 1 is 0.857 bits per heavy atom. The maximum atomic E-state index is 14.6. The number of allylic oxidation sites excluding steroid dienone is 2. The van der Waals surface area contributed by atoms with Crippen LogP contribution in [0.3, 0.4) is 0 Å². The Morgan fingerprint density at radius 3 is 2.21 bits per heavy atom. The largest absolute Gasteiger partial charge is 0.203 e. The van der Waals surface area contributed by atoms with Crippen LogP contribution in [0.1, 0.15) is 75.8 Å². The lowest BCUT2D eigenvalue weighted by Crippen LogP contribution is -2.13. The molecule has 1 fully saturated rings. The lowest BCUT2D eigenvalue weighted by Gasteiger charge is -2.28. The first kappa shape index (κ1) is 20.8. The Morgan fingerprint density at radius 2 is 1.57 bits per heavy atom. The molecule has 2 heteroatoms. The first-order valence-corrected chi connectivity index (χ1v) is 10.9. The summed E-state index contributed by atoms with van der Waals surface area (Å²) in [4.78, 5) is 0. The molecule has 150 valence electrons. The Balaban J connectivity index is 1.71. The molecule has 0 atom stereocenters. The molecule has 1 aliphatic rings. The van der Waals surface area contributed by atoms with Gasteiger partial charge in [0.2, 0.25) is 0 Å². The van der Waals surface area contributed by atoms with Gasteiger partial charge in [0.1, 0.15) is 0 Å². The van der Waals surface area contributed by atoms with Crippen LogP contribution < -0.4 is 0 Å². The van der Waals surface area contributed by atoms with Crippen molar-refractivity contribution in [3.8, 4) is 11.1 Å². The second-order valence-corrected chi connectivity index (χ2v) is 8.11. The Bertz CT molecular complexity index is 781. The second-order valence-electron chi connectivity index (χ2n) is 8.11. The lowest BCUT2D eigenvalue weighted by molar-refractivity contribution is 0.308. The Hall–Kier alpha value is -1.96. The van der Waals surface area contributed by atoms with Gasteiger partial charge >= 0.3 is 0 Å². The number of halogens is 2. The summed E-state index contributed by atoms with van der Waals surface area (Å²) >= 11 is 0. The molecule has 0 unspecified atom stereocenters. The van der Waals surface area contributed by atoms with Gasteiger partial charge in [0.05, 0.1) is 0 Å². The summed E-state index contributed by atoms with van der Waals surface area (Å²) in [5, 5.41) is 0. The molecule has 0 aromatic heterocycles. The van der Waals surface area contributed by atoms with Crippen LogP contribution in [0, 0.1) is 17.6 Å². The van der Waals surface area contributed by atoms with Crippen LogP contribution in [0.15, 0.2) is 48.6 Å². The van der Waals surface area contributed by atoms with Crippen LogP contribution in [0.2, 0.25) is 0 Å². The molecule has 0 radical (unpaired) electrons. The monoisotopic (exact) mass is 382 g/mol. The molecule has 0 heterocycles. The average Bonchev–Trinajstić information content (AvgIpc) is 2.72. The molecule has 3 rings (SSSR count). The highest BCUT2D eigenvalue weighted by Gasteiger charge is 2.22. The van der Waals surface area contributed by atoms with Crippen molar-refractivity contribution in [3.63, 3.8) is 0 Å². The molecule has 0 amide bonds. The average molecular weight is 383 g/mol. The molecule has 1 aliphatic carbocycles. The van der Waals surface area contributed by atoms with E-state index in [0.717, 1.165) is 17.9 Å². The van der Waals surface area contributed by atoms with Gasteiger partial charge in [-0.25, -0.2) is 8.78 Å². The van der Waals surface area contributed by atoms with Crippen molar-refractivity contribution in [1.29, 1.82) is 0 Å². The first-order valence-electron chi connectivity index (χ1n) is 10.9. The molecule has 0 bridgehead atoms. The van der Waals surface area contributed by atoms with Crippen molar-refractivity contribution in [3.05, 3.63) is 71.3 Å². The number of rotatable bonds is 7. The predicted molar refractivity (Wildman–Crippen MR) is 115 cm³/mol. The van der Waals surface area contributed by atoms with E-state index in [1.54, 1.807) is 12.1 Å². The highest BCUT2D eigenvalue weighted by Crippen LogP contribution is 2.38.